The highest BCUT2D eigenvalue weighted by Gasteiger charge is 2.27. The van der Waals surface area contributed by atoms with Crippen LogP contribution >= 0.6 is 12.4 Å². The Morgan fingerprint density at radius 1 is 1.40 bits per heavy atom. The molecular formula is C13H18ClF2N3O. The summed E-state index contributed by atoms with van der Waals surface area (Å²) in [6.45, 7) is 1.19. The molecule has 1 heterocycles. The maximum absolute atomic E-state index is 13.6. The Labute approximate surface area is 122 Å². The number of hydrogen-bond acceptors (Lipinski definition) is 3. The lowest BCUT2D eigenvalue weighted by Crippen LogP contribution is -2.41. The first-order chi connectivity index (χ1) is 9.11. The van der Waals surface area contributed by atoms with Crippen molar-refractivity contribution in [3.05, 3.63) is 29.8 Å². The predicted molar refractivity (Wildman–Crippen MR) is 76.3 cm³/mol. The standard InChI is InChI=1S/C13H17F2N3O.ClH/c1-16-7-12(19)17-9-5-6-18(8-9)13-10(14)3-2-4-11(13)15;/h2-4,9,16H,5-8H2,1H3,(H,17,19);1H. The summed E-state index contributed by atoms with van der Waals surface area (Å²) in [6, 6.07) is 3.76. The number of carbonyl (C=O) groups is 1. The highest BCUT2D eigenvalue weighted by molar-refractivity contribution is 5.85. The van der Waals surface area contributed by atoms with Gasteiger partial charge in [0.05, 0.1) is 6.54 Å². The third kappa shape index (κ3) is 3.80. The predicted octanol–water partition coefficient (Wildman–Crippen LogP) is 1.30. The Morgan fingerprint density at radius 2 is 2.05 bits per heavy atom. The summed E-state index contributed by atoms with van der Waals surface area (Å²) in [5.74, 6) is -1.24. The second kappa shape index (κ2) is 7.40. The van der Waals surface area contributed by atoms with Crippen molar-refractivity contribution >= 4 is 24.0 Å². The summed E-state index contributed by atoms with van der Waals surface area (Å²) in [4.78, 5) is 13.1. The molecule has 20 heavy (non-hydrogen) atoms. The molecule has 0 spiro atoms. The van der Waals surface area contributed by atoms with Gasteiger partial charge < -0.3 is 15.5 Å². The van der Waals surface area contributed by atoms with Crippen LogP contribution < -0.4 is 15.5 Å². The lowest BCUT2D eigenvalue weighted by molar-refractivity contribution is -0.120. The lowest BCUT2D eigenvalue weighted by Gasteiger charge is -2.20. The zero-order chi connectivity index (χ0) is 13.8. The van der Waals surface area contributed by atoms with Crippen molar-refractivity contribution in [2.24, 2.45) is 0 Å². The molecule has 0 aromatic heterocycles. The van der Waals surface area contributed by atoms with Gasteiger partial charge in [-0.25, -0.2) is 8.78 Å². The molecule has 1 unspecified atom stereocenters. The van der Waals surface area contributed by atoms with Gasteiger partial charge in [-0.05, 0) is 25.6 Å². The molecule has 1 amide bonds. The molecule has 2 N–H and O–H groups in total. The van der Waals surface area contributed by atoms with E-state index in [1.807, 2.05) is 0 Å². The number of nitrogens with zero attached hydrogens (tertiary/aromatic N) is 1. The zero-order valence-corrected chi connectivity index (χ0v) is 12.0. The van der Waals surface area contributed by atoms with E-state index >= 15 is 0 Å². The van der Waals surface area contributed by atoms with E-state index < -0.39 is 11.6 Å². The van der Waals surface area contributed by atoms with Crippen LogP contribution in [0, 0.1) is 11.6 Å². The van der Waals surface area contributed by atoms with E-state index in [0.29, 0.717) is 19.5 Å². The molecule has 1 aromatic rings. The maximum Gasteiger partial charge on any atom is 0.234 e. The molecule has 0 aliphatic carbocycles. The van der Waals surface area contributed by atoms with E-state index in [9.17, 15) is 13.6 Å². The Bertz CT molecular complexity index is 453. The van der Waals surface area contributed by atoms with Crippen LogP contribution in [0.15, 0.2) is 18.2 Å². The normalized spacial score (nSPS) is 17.8. The van der Waals surface area contributed by atoms with E-state index in [1.165, 1.54) is 18.2 Å². The third-order valence-electron chi connectivity index (χ3n) is 3.14. The van der Waals surface area contributed by atoms with Crippen molar-refractivity contribution in [3.8, 4) is 0 Å². The summed E-state index contributed by atoms with van der Waals surface area (Å²) in [5, 5.41) is 5.59. The number of carbonyl (C=O) groups excluding carboxylic acids is 1. The summed E-state index contributed by atoms with van der Waals surface area (Å²) in [6.07, 6.45) is 0.684. The van der Waals surface area contributed by atoms with Crippen molar-refractivity contribution in [1.82, 2.24) is 10.6 Å². The number of para-hydroxylation sites is 1. The number of hydrogen-bond donors (Lipinski definition) is 2. The van der Waals surface area contributed by atoms with Gasteiger partial charge in [0.15, 0.2) is 0 Å². The minimum absolute atomic E-state index is 0. The number of rotatable bonds is 4. The summed E-state index contributed by atoms with van der Waals surface area (Å²) < 4.78 is 27.3. The number of halogens is 3. The van der Waals surface area contributed by atoms with Crippen LogP contribution in [0.25, 0.3) is 0 Å². The third-order valence-corrected chi connectivity index (χ3v) is 3.14. The largest absolute Gasteiger partial charge is 0.365 e. The molecular weight excluding hydrogens is 288 g/mol. The van der Waals surface area contributed by atoms with Crippen LogP contribution in [0.3, 0.4) is 0 Å². The van der Waals surface area contributed by atoms with Crippen LogP contribution in [0.4, 0.5) is 14.5 Å². The molecule has 1 aliphatic rings. The van der Waals surface area contributed by atoms with Crippen LogP contribution in [-0.4, -0.2) is 38.6 Å². The Balaban J connectivity index is 0.00000200. The quantitative estimate of drug-likeness (QED) is 0.881. The van der Waals surface area contributed by atoms with Gasteiger partial charge in [-0.1, -0.05) is 6.07 Å². The number of benzene rings is 1. The number of anilines is 1. The first-order valence-corrected chi connectivity index (χ1v) is 6.24. The molecule has 7 heteroatoms. The molecule has 1 aliphatic heterocycles. The zero-order valence-electron chi connectivity index (χ0n) is 11.2. The topological polar surface area (TPSA) is 44.4 Å². The number of likely N-dealkylation sites (N-methyl/N-ethyl adjacent to an activating group) is 1. The number of amides is 1. The smallest absolute Gasteiger partial charge is 0.234 e. The van der Waals surface area contributed by atoms with Gasteiger partial charge in [0.2, 0.25) is 5.91 Å². The van der Waals surface area contributed by atoms with E-state index in [1.54, 1.807) is 11.9 Å². The van der Waals surface area contributed by atoms with Crippen molar-refractivity contribution in [2.75, 3.05) is 31.6 Å². The molecule has 112 valence electrons. The highest BCUT2D eigenvalue weighted by Crippen LogP contribution is 2.26. The highest BCUT2D eigenvalue weighted by atomic mass is 35.5. The fourth-order valence-corrected chi connectivity index (χ4v) is 2.31. The van der Waals surface area contributed by atoms with Gasteiger partial charge in [-0.2, -0.15) is 0 Å². The van der Waals surface area contributed by atoms with Crippen LogP contribution in [0.5, 0.6) is 0 Å². The molecule has 4 nitrogen and oxygen atoms in total. The Kier molecular flexibility index (Phi) is 6.16. The SMILES string of the molecule is CNCC(=O)NC1CCN(c2c(F)cccc2F)C1.Cl. The minimum atomic E-state index is -0.567. The van der Waals surface area contributed by atoms with Gasteiger partial charge in [0.1, 0.15) is 17.3 Å². The molecule has 0 bridgehead atoms. The van der Waals surface area contributed by atoms with Crippen LogP contribution in [-0.2, 0) is 4.79 Å². The van der Waals surface area contributed by atoms with E-state index in [2.05, 4.69) is 10.6 Å². The summed E-state index contributed by atoms with van der Waals surface area (Å²) in [7, 11) is 1.69. The second-order valence-electron chi connectivity index (χ2n) is 4.60. The second-order valence-corrected chi connectivity index (χ2v) is 4.60. The Hall–Kier alpha value is -1.40. The Morgan fingerprint density at radius 3 is 2.65 bits per heavy atom. The lowest BCUT2D eigenvalue weighted by atomic mass is 10.2. The van der Waals surface area contributed by atoms with Crippen molar-refractivity contribution in [1.29, 1.82) is 0 Å². The summed E-state index contributed by atoms with van der Waals surface area (Å²) in [5.41, 5.74) is -0.00661. The minimum Gasteiger partial charge on any atom is -0.365 e. The first kappa shape index (κ1) is 16.7. The molecule has 2 rings (SSSR count). The number of nitrogens with one attached hydrogen (secondary N) is 2. The van der Waals surface area contributed by atoms with Crippen LogP contribution in [0.2, 0.25) is 0 Å². The van der Waals surface area contributed by atoms with Gasteiger partial charge in [-0.3, -0.25) is 4.79 Å². The van der Waals surface area contributed by atoms with Gasteiger partial charge in [-0.15, -0.1) is 12.4 Å². The van der Waals surface area contributed by atoms with Gasteiger partial charge in [0.25, 0.3) is 0 Å². The van der Waals surface area contributed by atoms with E-state index in [4.69, 9.17) is 0 Å². The molecule has 1 atom stereocenters. The fourth-order valence-electron chi connectivity index (χ4n) is 2.31. The van der Waals surface area contributed by atoms with E-state index in [0.717, 1.165) is 0 Å². The maximum atomic E-state index is 13.6. The molecule has 1 aromatic carbocycles. The van der Waals surface area contributed by atoms with Crippen molar-refractivity contribution in [2.45, 2.75) is 12.5 Å². The van der Waals surface area contributed by atoms with Crippen LogP contribution in [0.1, 0.15) is 6.42 Å². The molecule has 0 saturated carbocycles. The average Bonchev–Trinajstić information content (AvgIpc) is 2.77. The van der Waals surface area contributed by atoms with Gasteiger partial charge in [0, 0.05) is 19.1 Å². The van der Waals surface area contributed by atoms with E-state index in [-0.39, 0.29) is 36.6 Å². The first-order valence-electron chi connectivity index (χ1n) is 6.24. The monoisotopic (exact) mass is 305 g/mol. The van der Waals surface area contributed by atoms with Crippen molar-refractivity contribution in [3.63, 3.8) is 0 Å². The molecule has 1 fully saturated rings. The molecule has 0 radical (unpaired) electrons. The average molecular weight is 306 g/mol. The van der Waals surface area contributed by atoms with Crippen molar-refractivity contribution < 1.29 is 13.6 Å². The molecule has 1 saturated heterocycles. The fraction of sp³-hybridized carbons (Fsp3) is 0.462. The summed E-state index contributed by atoms with van der Waals surface area (Å²) >= 11 is 0. The van der Waals surface area contributed by atoms with Gasteiger partial charge >= 0.3 is 0 Å².